The van der Waals surface area contributed by atoms with Crippen molar-refractivity contribution >= 4 is 17.4 Å². The topological polar surface area (TPSA) is 17.1 Å². The van der Waals surface area contributed by atoms with E-state index in [1.165, 1.54) is 0 Å². The summed E-state index contributed by atoms with van der Waals surface area (Å²) >= 11 is 0.0556. The molecule has 20 valence electrons. The Morgan fingerprint density at radius 3 is 1.25 bits per heavy atom. The van der Waals surface area contributed by atoms with Gasteiger partial charge in [0, 0.05) is 25.8 Å². The average Bonchev–Trinajstić information content (AvgIpc) is 1.00. The molecule has 4 heteroatoms. The number of hydrogen-bond acceptors (Lipinski definition) is 1. The van der Waals surface area contributed by atoms with Crippen molar-refractivity contribution in [3.8, 4) is 0 Å². The van der Waals surface area contributed by atoms with Crippen molar-refractivity contribution in [2.45, 2.75) is 0 Å². The van der Waals surface area contributed by atoms with Crippen molar-refractivity contribution in [2.75, 3.05) is 0 Å². The van der Waals surface area contributed by atoms with Crippen LogP contribution in [0.25, 0.3) is 0 Å². The summed E-state index contributed by atoms with van der Waals surface area (Å²) in [6, 6.07) is 0. The van der Waals surface area contributed by atoms with Crippen LogP contribution in [-0.4, -0.2) is 17.4 Å². The monoisotopic (exact) mass is 366 g/mol. The summed E-state index contributed by atoms with van der Waals surface area (Å²) < 4.78 is 8.39. The Bertz CT molecular complexity index is 8.00. The summed E-state index contributed by atoms with van der Waals surface area (Å²) in [6.07, 6.45) is 0. The van der Waals surface area contributed by atoms with Gasteiger partial charge in [-0.1, -0.05) is 0 Å². The molecule has 1 nitrogen and oxygen atoms in total. The Hall–Kier alpha value is 2.58. The summed E-state index contributed by atoms with van der Waals surface area (Å²) in [6.45, 7) is 0. The quantitative estimate of drug-likeness (QED) is 0.488. The van der Waals surface area contributed by atoms with E-state index in [0.717, 1.165) is 0 Å². The zero-order chi connectivity index (χ0) is 2.00. The van der Waals surface area contributed by atoms with Crippen LogP contribution in [0.2, 0.25) is 0 Å². The van der Waals surface area contributed by atoms with Crippen molar-refractivity contribution in [3.63, 3.8) is 0 Å². The van der Waals surface area contributed by atoms with Gasteiger partial charge in [0.1, 0.15) is 0 Å². The number of hydrogen-bond donors (Lipinski definition) is 0. The van der Waals surface area contributed by atoms with Gasteiger partial charge in [0.2, 0.25) is 0 Å². The molecule has 0 aromatic carbocycles. The molecule has 0 unspecified atom stereocenters. The van der Waals surface area contributed by atoms with E-state index < -0.39 is 0 Å². The molecule has 4 heavy (non-hydrogen) atoms. The van der Waals surface area contributed by atoms with Gasteiger partial charge in [-0.2, -0.15) is 0 Å². The first-order valence-corrected chi connectivity index (χ1v) is 1.49. The second-order valence-corrected chi connectivity index (χ2v) is 0. The van der Waals surface area contributed by atoms with Crippen LogP contribution in [0.1, 0.15) is 0 Å². The van der Waals surface area contributed by atoms with Crippen LogP contribution in [0.3, 0.4) is 0 Å². The van der Waals surface area contributed by atoms with Gasteiger partial charge in [-0.05, 0) is 0 Å². The second kappa shape index (κ2) is 17.6. The fourth-order valence-electron chi connectivity index (χ4n) is 0. The summed E-state index contributed by atoms with van der Waals surface area (Å²) in [5.74, 6) is 0. The van der Waals surface area contributed by atoms with Crippen molar-refractivity contribution in [1.29, 1.82) is 0 Å². The Kier molecular flexibility index (Phi) is 70.3. The van der Waals surface area contributed by atoms with Gasteiger partial charge in [0.25, 0.3) is 0 Å². The summed E-state index contributed by atoms with van der Waals surface area (Å²) in [4.78, 5) is 0. The molecular formula is H3AlCeHfO. The molecule has 0 N–H and O–H groups in total. The van der Waals surface area contributed by atoms with E-state index in [9.17, 15) is 0 Å². The van der Waals surface area contributed by atoms with Crippen LogP contribution in [0.15, 0.2) is 0 Å². The van der Waals surface area contributed by atoms with Gasteiger partial charge in [0.15, 0.2) is 17.4 Å². The second-order valence-electron chi connectivity index (χ2n) is 0. The van der Waals surface area contributed by atoms with Crippen molar-refractivity contribution in [3.05, 3.63) is 0 Å². The Balaban J connectivity index is -0.00000000500. The van der Waals surface area contributed by atoms with Gasteiger partial charge in [-0.15, -0.1) is 0 Å². The number of rotatable bonds is 0. The third-order valence-electron chi connectivity index (χ3n) is 0. The SMILES string of the molecule is [AlH3].[Hf].[O]=[Ce]. The first-order chi connectivity index (χ1) is 1.00. The van der Waals surface area contributed by atoms with Gasteiger partial charge >= 0.3 is 40.7 Å². The van der Waals surface area contributed by atoms with E-state index in [1.54, 1.807) is 0 Å². The fourth-order valence-corrected chi connectivity index (χ4v) is 0. The Morgan fingerprint density at radius 2 is 1.25 bits per heavy atom. The Morgan fingerprint density at radius 1 is 1.25 bits per heavy atom. The molecule has 0 atom stereocenters. The molecule has 0 aliphatic carbocycles. The van der Waals surface area contributed by atoms with E-state index in [2.05, 4.69) is 0 Å². The van der Waals surface area contributed by atoms with Crippen LogP contribution in [0.5, 0.6) is 0 Å². The first kappa shape index (κ1) is 16.0. The van der Waals surface area contributed by atoms with Crippen LogP contribution < -0.4 is 0 Å². The molecule has 0 spiro atoms. The van der Waals surface area contributed by atoms with Crippen molar-refractivity contribution in [2.24, 2.45) is 0 Å². The zero-order valence-electron chi connectivity index (χ0n) is 1.41. The third kappa shape index (κ3) is 8.82. The van der Waals surface area contributed by atoms with Crippen LogP contribution in [-0.2, 0) is 26.8 Å². The van der Waals surface area contributed by atoms with Gasteiger partial charge in [-0.3, -0.25) is 0 Å². The minimum atomic E-state index is 0. The van der Waals surface area contributed by atoms with Gasteiger partial charge in [-0.25, -0.2) is 0 Å². The van der Waals surface area contributed by atoms with E-state index >= 15 is 0 Å². The molecule has 0 aliphatic heterocycles. The summed E-state index contributed by atoms with van der Waals surface area (Å²) in [5.41, 5.74) is 0. The maximum atomic E-state index is 8.39. The average molecular weight is 365 g/mol. The van der Waals surface area contributed by atoms with E-state index in [-0.39, 0.29) is 83.0 Å². The van der Waals surface area contributed by atoms with E-state index in [4.69, 9.17) is 0.938 Å². The third-order valence-corrected chi connectivity index (χ3v) is 0. The molecule has 0 radical (unpaired) electrons. The summed E-state index contributed by atoms with van der Waals surface area (Å²) in [5, 5.41) is 0. The van der Waals surface area contributed by atoms with Crippen molar-refractivity contribution in [1.82, 2.24) is 0 Å². The summed E-state index contributed by atoms with van der Waals surface area (Å²) in [7, 11) is 0. The molecule has 0 amide bonds. The zero-order valence-corrected chi connectivity index (χ0v) is 8.14. The first-order valence-electron chi connectivity index (χ1n) is 0.204. The van der Waals surface area contributed by atoms with E-state index in [0.29, 0.717) is 0 Å². The van der Waals surface area contributed by atoms with Crippen LogP contribution in [0.4, 0.5) is 0 Å². The predicted molar refractivity (Wildman–Crippen MR) is 10.6 cm³/mol. The molecule has 0 rings (SSSR count). The normalized spacial score (nSPS) is 0.750. The molecule has 0 aromatic rings. The molecule has 0 fully saturated rings. The van der Waals surface area contributed by atoms with E-state index in [1.807, 2.05) is 0 Å². The van der Waals surface area contributed by atoms with Gasteiger partial charge in [0.05, 0.1) is 0 Å². The van der Waals surface area contributed by atoms with Crippen molar-refractivity contribution < 1.29 is 66.6 Å². The van der Waals surface area contributed by atoms with Gasteiger partial charge < -0.3 is 0 Å². The Labute approximate surface area is 82.0 Å². The standard InChI is InChI=1S/Al.Ce.Hf.O.3H. The fraction of sp³-hybridized carbons (Fsp3) is 0. The molecular weight excluding hydrogens is 362 g/mol. The molecule has 0 saturated carbocycles. The maximum absolute atomic E-state index is 8.39. The molecule has 0 aliphatic rings. The van der Waals surface area contributed by atoms with Crippen LogP contribution in [0, 0.1) is 39.8 Å². The molecule has 0 aromatic heterocycles. The molecule has 0 bridgehead atoms. The molecule has 0 heterocycles. The molecule has 0 saturated heterocycles. The minimum absolute atomic E-state index is 0. The predicted octanol–water partition coefficient (Wildman–Crippen LogP) is -1.31. The van der Waals surface area contributed by atoms with Crippen LogP contribution >= 0.6 is 0 Å².